The van der Waals surface area contributed by atoms with Gasteiger partial charge in [0.15, 0.2) is 5.16 Å². The number of thioether (sulfide) groups is 1. The predicted octanol–water partition coefficient (Wildman–Crippen LogP) is 2.70. The standard InChI is InChI=1S/C14H14N2O2S/c1-10-7-15-14(16-8-10)19-9-12-5-3-2-4-11(12)6-13(17)18/h2-5,7-8H,6,9H2,1H3,(H,17,18). The first-order valence-corrected chi connectivity index (χ1v) is 6.84. The highest BCUT2D eigenvalue weighted by molar-refractivity contribution is 7.98. The van der Waals surface area contributed by atoms with Crippen molar-refractivity contribution in [1.29, 1.82) is 0 Å². The molecule has 0 fully saturated rings. The molecule has 4 nitrogen and oxygen atoms in total. The topological polar surface area (TPSA) is 63.1 Å². The molecule has 0 saturated heterocycles. The molecule has 0 spiro atoms. The van der Waals surface area contributed by atoms with Crippen LogP contribution in [0.3, 0.4) is 0 Å². The fourth-order valence-electron chi connectivity index (χ4n) is 1.63. The van der Waals surface area contributed by atoms with Gasteiger partial charge in [0.25, 0.3) is 0 Å². The van der Waals surface area contributed by atoms with Crippen LogP contribution in [0.25, 0.3) is 0 Å². The third-order valence-electron chi connectivity index (χ3n) is 2.57. The lowest BCUT2D eigenvalue weighted by Gasteiger charge is -2.06. The van der Waals surface area contributed by atoms with Crippen LogP contribution in [-0.2, 0) is 17.0 Å². The molecule has 2 aromatic rings. The van der Waals surface area contributed by atoms with E-state index in [1.807, 2.05) is 31.2 Å². The zero-order valence-electron chi connectivity index (χ0n) is 10.5. The van der Waals surface area contributed by atoms with Crippen molar-refractivity contribution in [3.63, 3.8) is 0 Å². The largest absolute Gasteiger partial charge is 0.481 e. The number of hydrogen-bond acceptors (Lipinski definition) is 4. The molecule has 0 aliphatic rings. The van der Waals surface area contributed by atoms with E-state index in [1.165, 1.54) is 11.8 Å². The minimum Gasteiger partial charge on any atom is -0.481 e. The van der Waals surface area contributed by atoms with E-state index >= 15 is 0 Å². The van der Waals surface area contributed by atoms with Crippen molar-refractivity contribution >= 4 is 17.7 Å². The molecule has 0 bridgehead atoms. The Balaban J connectivity index is 2.06. The Morgan fingerprint density at radius 1 is 1.21 bits per heavy atom. The number of benzene rings is 1. The van der Waals surface area contributed by atoms with Crippen molar-refractivity contribution in [1.82, 2.24) is 9.97 Å². The second-order valence-electron chi connectivity index (χ2n) is 4.17. The fourth-order valence-corrected chi connectivity index (χ4v) is 2.45. The molecule has 2 rings (SSSR count). The second kappa shape index (κ2) is 6.33. The van der Waals surface area contributed by atoms with Crippen molar-refractivity contribution in [3.8, 4) is 0 Å². The normalized spacial score (nSPS) is 10.4. The summed E-state index contributed by atoms with van der Waals surface area (Å²) >= 11 is 1.51. The number of carboxylic acid groups (broad SMARTS) is 1. The lowest BCUT2D eigenvalue weighted by Crippen LogP contribution is -2.03. The number of nitrogens with zero attached hydrogens (tertiary/aromatic N) is 2. The summed E-state index contributed by atoms with van der Waals surface area (Å²) < 4.78 is 0. The average molecular weight is 274 g/mol. The molecular weight excluding hydrogens is 260 g/mol. The van der Waals surface area contributed by atoms with Crippen LogP contribution in [0.1, 0.15) is 16.7 Å². The highest BCUT2D eigenvalue weighted by Gasteiger charge is 2.07. The van der Waals surface area contributed by atoms with E-state index in [4.69, 9.17) is 5.11 Å². The van der Waals surface area contributed by atoms with E-state index in [-0.39, 0.29) is 6.42 Å². The fraction of sp³-hybridized carbons (Fsp3) is 0.214. The van der Waals surface area contributed by atoms with Gasteiger partial charge in [-0.2, -0.15) is 0 Å². The van der Waals surface area contributed by atoms with Gasteiger partial charge in [0.1, 0.15) is 0 Å². The summed E-state index contributed by atoms with van der Waals surface area (Å²) in [7, 11) is 0. The third kappa shape index (κ3) is 4.06. The van der Waals surface area contributed by atoms with E-state index in [0.717, 1.165) is 16.7 Å². The molecule has 98 valence electrons. The Morgan fingerprint density at radius 3 is 2.47 bits per heavy atom. The highest BCUT2D eigenvalue weighted by Crippen LogP contribution is 2.21. The van der Waals surface area contributed by atoms with E-state index in [9.17, 15) is 4.79 Å². The Morgan fingerprint density at radius 2 is 1.84 bits per heavy atom. The van der Waals surface area contributed by atoms with E-state index < -0.39 is 5.97 Å². The van der Waals surface area contributed by atoms with Gasteiger partial charge in [-0.3, -0.25) is 4.79 Å². The molecule has 0 radical (unpaired) electrons. The highest BCUT2D eigenvalue weighted by atomic mass is 32.2. The van der Waals surface area contributed by atoms with Gasteiger partial charge >= 0.3 is 5.97 Å². The van der Waals surface area contributed by atoms with Gasteiger partial charge in [-0.25, -0.2) is 9.97 Å². The average Bonchev–Trinajstić information content (AvgIpc) is 2.39. The van der Waals surface area contributed by atoms with Crippen molar-refractivity contribution in [2.24, 2.45) is 0 Å². The molecule has 0 unspecified atom stereocenters. The van der Waals surface area contributed by atoms with Gasteiger partial charge in [0.05, 0.1) is 6.42 Å². The monoisotopic (exact) mass is 274 g/mol. The number of aryl methyl sites for hydroxylation is 1. The van der Waals surface area contributed by atoms with Gasteiger partial charge in [0.2, 0.25) is 0 Å². The maximum absolute atomic E-state index is 10.8. The predicted molar refractivity (Wildman–Crippen MR) is 74.1 cm³/mol. The van der Waals surface area contributed by atoms with Gasteiger partial charge in [-0.15, -0.1) is 0 Å². The van der Waals surface area contributed by atoms with Crippen LogP contribution < -0.4 is 0 Å². The number of aromatic nitrogens is 2. The second-order valence-corrected chi connectivity index (χ2v) is 5.11. The van der Waals surface area contributed by atoms with Gasteiger partial charge in [0, 0.05) is 18.1 Å². The summed E-state index contributed by atoms with van der Waals surface area (Å²) in [5, 5.41) is 9.58. The molecule has 1 N–H and O–H groups in total. The molecule has 1 heterocycles. The van der Waals surface area contributed by atoms with Crippen molar-refractivity contribution in [3.05, 3.63) is 53.3 Å². The Hall–Kier alpha value is -1.88. The molecule has 0 amide bonds. The zero-order chi connectivity index (χ0) is 13.7. The first kappa shape index (κ1) is 13.5. The van der Waals surface area contributed by atoms with Crippen LogP contribution in [0.4, 0.5) is 0 Å². The van der Waals surface area contributed by atoms with E-state index in [2.05, 4.69) is 9.97 Å². The Bertz CT molecular complexity index is 570. The van der Waals surface area contributed by atoms with Crippen molar-refractivity contribution in [2.45, 2.75) is 24.3 Å². The lowest BCUT2D eigenvalue weighted by molar-refractivity contribution is -0.136. The molecule has 0 aliphatic carbocycles. The van der Waals surface area contributed by atoms with E-state index in [0.29, 0.717) is 10.9 Å². The first-order chi connectivity index (χ1) is 9.15. The van der Waals surface area contributed by atoms with Crippen LogP contribution >= 0.6 is 11.8 Å². The summed E-state index contributed by atoms with van der Waals surface area (Å²) in [5.74, 6) is -0.143. The zero-order valence-corrected chi connectivity index (χ0v) is 11.4. The Labute approximate surface area is 115 Å². The number of carbonyl (C=O) groups is 1. The van der Waals surface area contributed by atoms with Gasteiger partial charge in [-0.1, -0.05) is 36.0 Å². The van der Waals surface area contributed by atoms with Gasteiger partial charge in [-0.05, 0) is 23.6 Å². The molecule has 19 heavy (non-hydrogen) atoms. The van der Waals surface area contributed by atoms with Crippen LogP contribution in [0.5, 0.6) is 0 Å². The molecule has 0 saturated carbocycles. The molecule has 0 aliphatic heterocycles. The SMILES string of the molecule is Cc1cnc(SCc2ccccc2CC(=O)O)nc1. The quantitative estimate of drug-likeness (QED) is 0.671. The van der Waals surface area contributed by atoms with Crippen molar-refractivity contribution < 1.29 is 9.90 Å². The van der Waals surface area contributed by atoms with Gasteiger partial charge < -0.3 is 5.11 Å². The number of rotatable bonds is 5. The summed E-state index contributed by atoms with van der Waals surface area (Å²) in [6, 6.07) is 7.56. The third-order valence-corrected chi connectivity index (χ3v) is 3.50. The maximum Gasteiger partial charge on any atom is 0.307 e. The minimum absolute atomic E-state index is 0.0471. The lowest BCUT2D eigenvalue weighted by atomic mass is 10.1. The summed E-state index contributed by atoms with van der Waals surface area (Å²) in [4.78, 5) is 19.2. The molecular formula is C14H14N2O2S. The molecule has 5 heteroatoms. The smallest absolute Gasteiger partial charge is 0.307 e. The van der Waals surface area contributed by atoms with Crippen LogP contribution in [0, 0.1) is 6.92 Å². The number of carboxylic acids is 1. The summed E-state index contributed by atoms with van der Waals surface area (Å²) in [6.07, 6.45) is 3.60. The van der Waals surface area contributed by atoms with Crippen LogP contribution in [-0.4, -0.2) is 21.0 Å². The summed E-state index contributed by atoms with van der Waals surface area (Å²) in [6.45, 7) is 1.94. The minimum atomic E-state index is -0.816. The molecule has 1 aromatic heterocycles. The van der Waals surface area contributed by atoms with Crippen LogP contribution in [0.15, 0.2) is 41.8 Å². The number of hydrogen-bond donors (Lipinski definition) is 1. The van der Waals surface area contributed by atoms with E-state index in [1.54, 1.807) is 12.4 Å². The maximum atomic E-state index is 10.8. The van der Waals surface area contributed by atoms with Crippen molar-refractivity contribution in [2.75, 3.05) is 0 Å². The molecule has 1 aromatic carbocycles. The molecule has 0 atom stereocenters. The Kier molecular flexibility index (Phi) is 4.52. The van der Waals surface area contributed by atoms with Crippen LogP contribution in [0.2, 0.25) is 0 Å². The first-order valence-electron chi connectivity index (χ1n) is 5.85. The number of aliphatic carboxylic acids is 1. The summed E-state index contributed by atoms with van der Waals surface area (Å²) in [5.41, 5.74) is 2.88.